The van der Waals surface area contributed by atoms with Gasteiger partial charge < -0.3 is 4.74 Å². The molecule has 0 saturated carbocycles. The lowest BCUT2D eigenvalue weighted by atomic mass is 9.99. The first-order valence-corrected chi connectivity index (χ1v) is 5.31. The van der Waals surface area contributed by atoms with Crippen LogP contribution in [0.2, 0.25) is 0 Å². The van der Waals surface area contributed by atoms with Crippen LogP contribution in [-0.4, -0.2) is 38.3 Å². The summed E-state index contributed by atoms with van der Waals surface area (Å²) in [6.07, 6.45) is 0.825. The van der Waals surface area contributed by atoms with Crippen LogP contribution in [0.3, 0.4) is 0 Å². The standard InChI is InChI=1S/C7H11NO5S/c9-5-13-7(10)6-1-3-8(4-2-6)14(11)12/h5-6,14H,1-4H2. The van der Waals surface area contributed by atoms with Gasteiger partial charge in [-0.3, -0.25) is 9.59 Å². The van der Waals surface area contributed by atoms with E-state index in [4.69, 9.17) is 0 Å². The predicted molar refractivity (Wildman–Crippen MR) is 46.8 cm³/mol. The molecule has 1 rings (SSSR count). The molecule has 0 aliphatic carbocycles. The van der Waals surface area contributed by atoms with Crippen molar-refractivity contribution in [1.82, 2.24) is 4.31 Å². The van der Waals surface area contributed by atoms with Gasteiger partial charge in [0.15, 0.2) is 0 Å². The highest BCUT2D eigenvalue weighted by atomic mass is 32.2. The molecule has 1 aliphatic heterocycles. The van der Waals surface area contributed by atoms with Gasteiger partial charge in [-0.15, -0.1) is 0 Å². The highest BCUT2D eigenvalue weighted by Gasteiger charge is 2.26. The van der Waals surface area contributed by atoms with Gasteiger partial charge in [0.25, 0.3) is 0 Å². The van der Waals surface area contributed by atoms with E-state index in [1.54, 1.807) is 0 Å². The third kappa shape index (κ3) is 2.78. The summed E-state index contributed by atoms with van der Waals surface area (Å²) in [6, 6.07) is 0. The fraction of sp³-hybridized carbons (Fsp3) is 0.714. The highest BCUT2D eigenvalue weighted by Crippen LogP contribution is 2.17. The fourth-order valence-corrected chi connectivity index (χ4v) is 1.97. The average molecular weight is 221 g/mol. The van der Waals surface area contributed by atoms with Crippen LogP contribution in [-0.2, 0) is 25.2 Å². The monoisotopic (exact) mass is 221 g/mol. The Morgan fingerprint density at radius 3 is 2.36 bits per heavy atom. The Hall–Kier alpha value is -0.950. The maximum absolute atomic E-state index is 11.1. The van der Waals surface area contributed by atoms with E-state index >= 15 is 0 Å². The number of rotatable bonds is 3. The first-order chi connectivity index (χ1) is 6.65. The van der Waals surface area contributed by atoms with Crippen molar-refractivity contribution in [3.05, 3.63) is 0 Å². The quantitative estimate of drug-likeness (QED) is 0.284. The highest BCUT2D eigenvalue weighted by molar-refractivity contribution is 7.69. The second kappa shape index (κ2) is 5.06. The van der Waals surface area contributed by atoms with Crippen LogP contribution < -0.4 is 0 Å². The Morgan fingerprint density at radius 1 is 1.36 bits per heavy atom. The van der Waals surface area contributed by atoms with E-state index in [2.05, 4.69) is 4.74 Å². The zero-order valence-electron chi connectivity index (χ0n) is 7.42. The molecular formula is C7H11NO5S. The maximum Gasteiger partial charge on any atom is 0.316 e. The van der Waals surface area contributed by atoms with Gasteiger partial charge in [0.05, 0.1) is 5.92 Å². The number of ether oxygens (including phenoxy) is 1. The molecule has 0 spiro atoms. The van der Waals surface area contributed by atoms with Crippen molar-refractivity contribution in [2.24, 2.45) is 5.92 Å². The molecule has 0 aromatic heterocycles. The van der Waals surface area contributed by atoms with Crippen LogP contribution in [0.4, 0.5) is 0 Å². The molecule has 0 N–H and O–H groups in total. The molecule has 1 saturated heterocycles. The van der Waals surface area contributed by atoms with Crippen molar-refractivity contribution in [1.29, 1.82) is 0 Å². The third-order valence-electron chi connectivity index (χ3n) is 2.20. The molecule has 14 heavy (non-hydrogen) atoms. The van der Waals surface area contributed by atoms with Crippen molar-refractivity contribution in [2.75, 3.05) is 13.1 Å². The topological polar surface area (TPSA) is 80.8 Å². The van der Waals surface area contributed by atoms with Gasteiger partial charge in [-0.2, -0.15) is 0 Å². The summed E-state index contributed by atoms with van der Waals surface area (Å²) in [5.74, 6) is -0.924. The van der Waals surface area contributed by atoms with Crippen LogP contribution in [0.15, 0.2) is 0 Å². The Balaban J connectivity index is 2.42. The molecule has 0 aromatic carbocycles. The van der Waals surface area contributed by atoms with Gasteiger partial charge >= 0.3 is 12.4 Å². The Labute approximate surface area is 82.9 Å². The SMILES string of the molecule is O=COC(=O)C1CCN([SH](=O)=O)CC1. The van der Waals surface area contributed by atoms with Crippen LogP contribution >= 0.6 is 0 Å². The minimum atomic E-state index is -2.55. The second-order valence-electron chi connectivity index (χ2n) is 3.00. The second-order valence-corrected chi connectivity index (χ2v) is 4.04. The summed E-state index contributed by atoms with van der Waals surface area (Å²) in [5, 5.41) is 0. The molecule has 0 radical (unpaired) electrons. The third-order valence-corrected chi connectivity index (χ3v) is 3.06. The van der Waals surface area contributed by atoms with E-state index < -0.39 is 16.9 Å². The molecule has 7 heteroatoms. The van der Waals surface area contributed by atoms with Crippen LogP contribution in [0, 0.1) is 5.92 Å². The lowest BCUT2D eigenvalue weighted by Crippen LogP contribution is -2.35. The summed E-state index contributed by atoms with van der Waals surface area (Å²) >= 11 is 0. The molecule has 0 atom stereocenters. The lowest BCUT2D eigenvalue weighted by molar-refractivity contribution is -0.155. The van der Waals surface area contributed by atoms with Gasteiger partial charge in [-0.05, 0) is 12.8 Å². The molecule has 1 aliphatic rings. The number of carbonyl (C=O) groups excluding carboxylic acids is 2. The molecule has 0 bridgehead atoms. The largest absolute Gasteiger partial charge is 0.395 e. The van der Waals surface area contributed by atoms with Crippen molar-refractivity contribution < 1.29 is 22.7 Å². The van der Waals surface area contributed by atoms with E-state index in [-0.39, 0.29) is 12.4 Å². The Kier molecular flexibility index (Phi) is 4.02. The van der Waals surface area contributed by atoms with Crippen LogP contribution in [0.1, 0.15) is 12.8 Å². The molecule has 0 unspecified atom stereocenters. The van der Waals surface area contributed by atoms with Crippen LogP contribution in [0.25, 0.3) is 0 Å². The van der Waals surface area contributed by atoms with E-state index in [0.29, 0.717) is 25.9 Å². The minimum absolute atomic E-state index is 0.1000. The molecule has 0 amide bonds. The average Bonchev–Trinajstić information content (AvgIpc) is 2.18. The first kappa shape index (κ1) is 11.1. The van der Waals surface area contributed by atoms with Crippen molar-refractivity contribution >= 4 is 23.3 Å². The normalized spacial score (nSPS) is 19.5. The number of carbonyl (C=O) groups is 2. The summed E-state index contributed by atoms with van der Waals surface area (Å²) < 4.78 is 26.6. The summed E-state index contributed by atoms with van der Waals surface area (Å²) in [7, 11) is -2.55. The van der Waals surface area contributed by atoms with Gasteiger partial charge in [-0.25, -0.2) is 12.7 Å². The maximum atomic E-state index is 11.1. The zero-order chi connectivity index (χ0) is 10.6. The van der Waals surface area contributed by atoms with E-state index in [1.807, 2.05) is 0 Å². The van der Waals surface area contributed by atoms with Gasteiger partial charge in [-0.1, -0.05) is 0 Å². The molecule has 0 aromatic rings. The molecule has 1 heterocycles. The number of esters is 1. The van der Waals surface area contributed by atoms with Gasteiger partial charge in [0.2, 0.25) is 10.9 Å². The van der Waals surface area contributed by atoms with Crippen molar-refractivity contribution in [2.45, 2.75) is 12.8 Å². The summed E-state index contributed by atoms with van der Waals surface area (Å²) in [4.78, 5) is 20.9. The number of hydrogen-bond donors (Lipinski definition) is 1. The van der Waals surface area contributed by atoms with E-state index in [9.17, 15) is 18.0 Å². The van der Waals surface area contributed by atoms with Gasteiger partial charge in [0, 0.05) is 13.1 Å². The molecule has 6 nitrogen and oxygen atoms in total. The number of hydrogen-bond acceptors (Lipinski definition) is 5. The fourth-order valence-electron chi connectivity index (χ4n) is 1.41. The number of nitrogens with zero attached hydrogens (tertiary/aromatic N) is 1. The summed E-state index contributed by atoms with van der Waals surface area (Å²) in [5.41, 5.74) is 0. The first-order valence-electron chi connectivity index (χ1n) is 4.18. The molecule has 80 valence electrons. The van der Waals surface area contributed by atoms with Crippen molar-refractivity contribution in [3.8, 4) is 0 Å². The van der Waals surface area contributed by atoms with E-state index in [0.717, 1.165) is 0 Å². The Bertz CT molecular complexity index is 284. The summed E-state index contributed by atoms with van der Waals surface area (Å²) in [6.45, 7) is 0.734. The number of piperidine rings is 1. The van der Waals surface area contributed by atoms with Crippen LogP contribution in [0.5, 0.6) is 0 Å². The van der Waals surface area contributed by atoms with Gasteiger partial charge in [0.1, 0.15) is 0 Å². The number of thiol groups is 1. The van der Waals surface area contributed by atoms with E-state index in [1.165, 1.54) is 4.31 Å². The Morgan fingerprint density at radius 2 is 1.93 bits per heavy atom. The lowest BCUT2D eigenvalue weighted by Gasteiger charge is -2.25. The minimum Gasteiger partial charge on any atom is -0.395 e. The predicted octanol–water partition coefficient (Wildman–Crippen LogP) is -1.08. The molecule has 1 fully saturated rings. The van der Waals surface area contributed by atoms with Crippen molar-refractivity contribution in [3.63, 3.8) is 0 Å². The molecular weight excluding hydrogens is 210 g/mol. The smallest absolute Gasteiger partial charge is 0.316 e. The zero-order valence-corrected chi connectivity index (χ0v) is 8.31.